The molecule has 0 atom stereocenters. The lowest BCUT2D eigenvalue weighted by atomic mass is 10.3. The highest BCUT2D eigenvalue weighted by Gasteiger charge is 2.28. The fraction of sp³-hybridized carbons (Fsp3) is 0.333. The monoisotopic (exact) mass is 309 g/mol. The van der Waals surface area contributed by atoms with Crippen molar-refractivity contribution in [2.75, 3.05) is 16.6 Å². The van der Waals surface area contributed by atoms with Crippen LogP contribution in [0.15, 0.2) is 22.7 Å². The molecule has 1 fully saturated rings. The van der Waals surface area contributed by atoms with Gasteiger partial charge in [0.25, 0.3) is 0 Å². The van der Waals surface area contributed by atoms with E-state index in [4.69, 9.17) is 11.6 Å². The summed E-state index contributed by atoms with van der Waals surface area (Å²) in [6.45, 7) is 0.542. The van der Waals surface area contributed by atoms with E-state index in [-0.39, 0.29) is 5.75 Å². The largest absolute Gasteiger partial charge is 0.270 e. The van der Waals surface area contributed by atoms with Gasteiger partial charge in [-0.15, -0.1) is 0 Å². The zero-order valence-electron chi connectivity index (χ0n) is 7.78. The summed E-state index contributed by atoms with van der Waals surface area (Å²) in [4.78, 5) is 0. The second-order valence-electron chi connectivity index (χ2n) is 3.34. The molecule has 0 saturated carbocycles. The molecule has 2 rings (SSSR count). The molecule has 0 N–H and O–H groups in total. The van der Waals surface area contributed by atoms with E-state index in [1.807, 2.05) is 0 Å². The van der Waals surface area contributed by atoms with Crippen LogP contribution in [0.25, 0.3) is 0 Å². The van der Waals surface area contributed by atoms with Crippen LogP contribution in [0.2, 0.25) is 5.02 Å². The Morgan fingerprint density at radius 2 is 2.13 bits per heavy atom. The van der Waals surface area contributed by atoms with Crippen LogP contribution in [0.1, 0.15) is 6.42 Å². The van der Waals surface area contributed by atoms with Crippen molar-refractivity contribution in [2.24, 2.45) is 0 Å². The van der Waals surface area contributed by atoms with Crippen molar-refractivity contribution in [2.45, 2.75) is 6.42 Å². The van der Waals surface area contributed by atoms with Crippen LogP contribution in [-0.2, 0) is 10.0 Å². The Labute approximate surface area is 102 Å². The summed E-state index contributed by atoms with van der Waals surface area (Å²) in [6.07, 6.45) is 0.677. The summed E-state index contributed by atoms with van der Waals surface area (Å²) < 4.78 is 25.4. The molecule has 1 aromatic rings. The minimum atomic E-state index is -3.11. The molecule has 6 heteroatoms. The van der Waals surface area contributed by atoms with Gasteiger partial charge in [0.1, 0.15) is 0 Å². The van der Waals surface area contributed by atoms with E-state index in [1.54, 1.807) is 18.2 Å². The SMILES string of the molecule is O=S1(=O)CCCN1c1ccc(Br)c(Cl)c1. The van der Waals surface area contributed by atoms with Crippen LogP contribution in [0, 0.1) is 0 Å². The van der Waals surface area contributed by atoms with Gasteiger partial charge in [0.2, 0.25) is 10.0 Å². The molecule has 1 heterocycles. The molecular formula is C9H9BrClNO2S. The molecule has 0 amide bonds. The quantitative estimate of drug-likeness (QED) is 0.799. The maximum atomic E-state index is 11.6. The molecule has 82 valence electrons. The average molecular weight is 311 g/mol. The van der Waals surface area contributed by atoms with Crippen molar-refractivity contribution >= 4 is 43.2 Å². The van der Waals surface area contributed by atoms with Crippen molar-refractivity contribution < 1.29 is 8.42 Å². The van der Waals surface area contributed by atoms with E-state index in [0.717, 1.165) is 4.47 Å². The molecule has 0 aliphatic carbocycles. The molecule has 1 saturated heterocycles. The predicted molar refractivity (Wildman–Crippen MR) is 64.9 cm³/mol. The number of sulfonamides is 1. The van der Waals surface area contributed by atoms with Gasteiger partial charge < -0.3 is 0 Å². The van der Waals surface area contributed by atoms with Crippen LogP contribution in [0.4, 0.5) is 5.69 Å². The third-order valence-electron chi connectivity index (χ3n) is 2.29. The number of nitrogens with zero attached hydrogens (tertiary/aromatic N) is 1. The van der Waals surface area contributed by atoms with Crippen LogP contribution in [0.5, 0.6) is 0 Å². The lowest BCUT2D eigenvalue weighted by Crippen LogP contribution is -2.24. The van der Waals surface area contributed by atoms with Crippen molar-refractivity contribution in [1.29, 1.82) is 0 Å². The Morgan fingerprint density at radius 3 is 2.67 bits per heavy atom. The van der Waals surface area contributed by atoms with Gasteiger partial charge in [-0.3, -0.25) is 4.31 Å². The molecule has 0 unspecified atom stereocenters. The number of hydrogen-bond acceptors (Lipinski definition) is 2. The number of anilines is 1. The molecule has 1 aliphatic heterocycles. The van der Waals surface area contributed by atoms with Gasteiger partial charge in [0, 0.05) is 11.0 Å². The maximum Gasteiger partial charge on any atom is 0.235 e. The van der Waals surface area contributed by atoms with E-state index in [2.05, 4.69) is 15.9 Å². The molecule has 1 aromatic carbocycles. The van der Waals surface area contributed by atoms with Gasteiger partial charge >= 0.3 is 0 Å². The number of halogens is 2. The number of hydrogen-bond donors (Lipinski definition) is 0. The molecule has 0 aromatic heterocycles. The van der Waals surface area contributed by atoms with Crippen LogP contribution in [-0.4, -0.2) is 20.7 Å². The van der Waals surface area contributed by atoms with Crippen LogP contribution in [0.3, 0.4) is 0 Å². The highest BCUT2D eigenvalue weighted by atomic mass is 79.9. The summed E-state index contributed by atoms with van der Waals surface area (Å²) in [5.74, 6) is 0.223. The first kappa shape index (κ1) is 11.2. The molecule has 0 spiro atoms. The molecule has 0 radical (unpaired) electrons. The Kier molecular flexibility index (Phi) is 2.96. The lowest BCUT2D eigenvalue weighted by molar-refractivity contribution is 0.599. The zero-order chi connectivity index (χ0) is 11.1. The second-order valence-corrected chi connectivity index (χ2v) is 6.61. The standard InChI is InChI=1S/C9H9BrClNO2S/c10-8-3-2-7(6-9(8)11)12-4-1-5-15(12,13)14/h2-3,6H,1,4-5H2. The first-order valence-corrected chi connectivity index (χ1v) is 7.24. The van der Waals surface area contributed by atoms with Gasteiger partial charge in [-0.05, 0) is 40.5 Å². The maximum absolute atomic E-state index is 11.6. The van der Waals surface area contributed by atoms with E-state index < -0.39 is 10.0 Å². The lowest BCUT2D eigenvalue weighted by Gasteiger charge is -2.17. The van der Waals surface area contributed by atoms with Crippen molar-refractivity contribution in [3.8, 4) is 0 Å². The highest BCUT2D eigenvalue weighted by Crippen LogP contribution is 2.30. The van der Waals surface area contributed by atoms with Gasteiger partial charge in [-0.1, -0.05) is 11.6 Å². The Hall–Kier alpha value is -0.260. The molecular weight excluding hydrogens is 302 g/mol. The zero-order valence-corrected chi connectivity index (χ0v) is 10.9. The molecule has 3 nitrogen and oxygen atoms in total. The third kappa shape index (κ3) is 2.14. The van der Waals surface area contributed by atoms with E-state index >= 15 is 0 Å². The molecule has 15 heavy (non-hydrogen) atoms. The van der Waals surface area contributed by atoms with Crippen molar-refractivity contribution in [3.63, 3.8) is 0 Å². The smallest absolute Gasteiger partial charge is 0.235 e. The summed E-state index contributed by atoms with van der Waals surface area (Å²) in [7, 11) is -3.11. The average Bonchev–Trinajstić information content (AvgIpc) is 2.50. The number of rotatable bonds is 1. The summed E-state index contributed by atoms with van der Waals surface area (Å²) >= 11 is 9.18. The fourth-order valence-corrected chi connectivity index (χ4v) is 3.55. The van der Waals surface area contributed by atoms with Gasteiger partial charge in [0.05, 0.1) is 16.5 Å². The van der Waals surface area contributed by atoms with Gasteiger partial charge in [-0.25, -0.2) is 8.42 Å². The fourth-order valence-electron chi connectivity index (χ4n) is 1.57. The summed E-state index contributed by atoms with van der Waals surface area (Å²) in [5.41, 5.74) is 0.640. The molecule has 1 aliphatic rings. The molecule has 0 bridgehead atoms. The third-order valence-corrected chi connectivity index (χ3v) is 5.39. The predicted octanol–water partition coefficient (Wildman–Crippen LogP) is 2.64. The van der Waals surface area contributed by atoms with Gasteiger partial charge in [-0.2, -0.15) is 0 Å². The minimum Gasteiger partial charge on any atom is -0.270 e. The van der Waals surface area contributed by atoms with E-state index in [1.165, 1.54) is 4.31 Å². The Bertz CT molecular complexity index is 489. The van der Waals surface area contributed by atoms with Gasteiger partial charge in [0.15, 0.2) is 0 Å². The summed E-state index contributed by atoms with van der Waals surface area (Å²) in [6, 6.07) is 5.17. The Balaban J connectivity index is 2.42. The van der Waals surface area contributed by atoms with E-state index in [0.29, 0.717) is 23.7 Å². The first-order valence-electron chi connectivity index (χ1n) is 4.46. The highest BCUT2D eigenvalue weighted by molar-refractivity contribution is 9.10. The second kappa shape index (κ2) is 3.96. The Morgan fingerprint density at radius 1 is 1.40 bits per heavy atom. The number of benzene rings is 1. The normalized spacial score (nSPS) is 19.5. The van der Waals surface area contributed by atoms with Crippen molar-refractivity contribution in [1.82, 2.24) is 0 Å². The minimum absolute atomic E-state index is 0.223. The van der Waals surface area contributed by atoms with Crippen LogP contribution < -0.4 is 4.31 Å². The van der Waals surface area contributed by atoms with Crippen molar-refractivity contribution in [3.05, 3.63) is 27.7 Å². The van der Waals surface area contributed by atoms with Crippen LogP contribution >= 0.6 is 27.5 Å². The summed E-state index contributed by atoms with van der Waals surface area (Å²) in [5, 5.41) is 0.523. The topological polar surface area (TPSA) is 37.4 Å². The first-order chi connectivity index (χ1) is 7.00. The van der Waals surface area contributed by atoms with E-state index in [9.17, 15) is 8.42 Å².